The first kappa shape index (κ1) is 8.05. The van der Waals surface area contributed by atoms with E-state index in [2.05, 4.69) is 19.7 Å². The molecular weight excluding hydrogens is 212 g/mol. The van der Waals surface area contributed by atoms with Gasteiger partial charge in [0.05, 0.1) is 17.1 Å². The van der Waals surface area contributed by atoms with Crippen LogP contribution in [0.25, 0.3) is 11.0 Å². The molecule has 0 atom stereocenters. The largest absolute Gasteiger partial charge is 0.241 e. The Morgan fingerprint density at radius 3 is 2.80 bits per heavy atom. The zero-order chi connectivity index (χ0) is 10.0. The molecule has 76 valence electrons. The van der Waals surface area contributed by atoms with Crippen molar-refractivity contribution in [1.29, 1.82) is 0 Å². The number of hydrogen-bond donors (Lipinski definition) is 0. The molecule has 5 heteroatoms. The Morgan fingerprint density at radius 2 is 2.13 bits per heavy atom. The molecule has 4 nitrogen and oxygen atoms in total. The summed E-state index contributed by atoms with van der Waals surface area (Å²) in [4.78, 5) is 8.24. The summed E-state index contributed by atoms with van der Waals surface area (Å²) >= 11 is 5.99. The minimum atomic E-state index is 0.268. The monoisotopic (exact) mass is 220 g/mol. The quantitative estimate of drug-likeness (QED) is 0.691. The van der Waals surface area contributed by atoms with Crippen molar-refractivity contribution in [1.82, 2.24) is 19.7 Å². The minimum Gasteiger partial charge on any atom is -0.241 e. The van der Waals surface area contributed by atoms with Gasteiger partial charge < -0.3 is 0 Å². The molecular formula is C10H9ClN4. The summed E-state index contributed by atoms with van der Waals surface area (Å²) in [5, 5.41) is 5.78. The molecule has 0 unspecified atom stereocenters. The first-order chi connectivity index (χ1) is 7.28. The van der Waals surface area contributed by atoms with E-state index >= 15 is 0 Å². The molecule has 0 amide bonds. The first-order valence-corrected chi connectivity index (χ1v) is 5.51. The van der Waals surface area contributed by atoms with Gasteiger partial charge in [-0.15, -0.1) is 0 Å². The lowest BCUT2D eigenvalue weighted by Gasteiger charge is -2.61. The molecule has 0 aromatic carbocycles. The predicted molar refractivity (Wildman–Crippen MR) is 55.6 cm³/mol. The molecule has 15 heavy (non-hydrogen) atoms. The van der Waals surface area contributed by atoms with Crippen LogP contribution in [0.15, 0.2) is 12.5 Å². The van der Waals surface area contributed by atoms with Gasteiger partial charge in [-0.2, -0.15) is 5.10 Å². The maximum atomic E-state index is 5.99. The molecule has 2 heterocycles. The second-order valence-corrected chi connectivity index (χ2v) is 5.02. The van der Waals surface area contributed by atoms with Crippen LogP contribution in [0.4, 0.5) is 0 Å². The van der Waals surface area contributed by atoms with E-state index in [1.807, 2.05) is 0 Å². The lowest BCUT2D eigenvalue weighted by atomic mass is 9.50. The van der Waals surface area contributed by atoms with Crippen LogP contribution in [0.1, 0.15) is 19.3 Å². The highest BCUT2D eigenvalue weighted by atomic mass is 35.5. The van der Waals surface area contributed by atoms with Gasteiger partial charge in [0.1, 0.15) is 11.5 Å². The molecule has 3 saturated carbocycles. The fourth-order valence-corrected chi connectivity index (χ4v) is 3.03. The normalized spacial score (nSPS) is 32.5. The van der Waals surface area contributed by atoms with Crippen molar-refractivity contribution < 1.29 is 0 Å². The average Bonchev–Trinajstić information content (AvgIpc) is 2.46. The maximum absolute atomic E-state index is 5.99. The van der Waals surface area contributed by atoms with Crippen molar-refractivity contribution in [3.05, 3.63) is 17.7 Å². The molecule has 2 aromatic heterocycles. The van der Waals surface area contributed by atoms with Gasteiger partial charge in [-0.25, -0.2) is 14.6 Å². The van der Waals surface area contributed by atoms with E-state index in [9.17, 15) is 0 Å². The predicted octanol–water partition coefficient (Wildman–Crippen LogP) is 1.99. The molecule has 3 aliphatic carbocycles. The van der Waals surface area contributed by atoms with Crippen LogP contribution in [0.3, 0.4) is 0 Å². The van der Waals surface area contributed by atoms with Crippen molar-refractivity contribution >= 4 is 22.6 Å². The van der Waals surface area contributed by atoms with Crippen LogP contribution in [0, 0.1) is 5.92 Å². The van der Waals surface area contributed by atoms with Crippen molar-refractivity contribution in [3.63, 3.8) is 0 Å². The maximum Gasteiger partial charge on any atom is 0.163 e. The summed E-state index contributed by atoms with van der Waals surface area (Å²) < 4.78 is 2.05. The third kappa shape index (κ3) is 0.822. The fourth-order valence-electron chi connectivity index (χ4n) is 2.85. The van der Waals surface area contributed by atoms with Crippen LogP contribution in [-0.2, 0) is 5.54 Å². The van der Waals surface area contributed by atoms with E-state index in [4.69, 9.17) is 11.6 Å². The van der Waals surface area contributed by atoms with Crippen molar-refractivity contribution in [2.24, 2.45) is 5.92 Å². The summed E-state index contributed by atoms with van der Waals surface area (Å²) in [6.07, 6.45) is 7.05. The van der Waals surface area contributed by atoms with Gasteiger partial charge in [0, 0.05) is 0 Å². The smallest absolute Gasteiger partial charge is 0.163 e. The summed E-state index contributed by atoms with van der Waals surface area (Å²) in [6, 6.07) is 0. The lowest BCUT2D eigenvalue weighted by Crippen LogP contribution is -2.59. The van der Waals surface area contributed by atoms with Crippen LogP contribution in [-0.4, -0.2) is 19.7 Å². The second kappa shape index (κ2) is 2.32. The van der Waals surface area contributed by atoms with E-state index in [0.717, 1.165) is 17.0 Å². The molecule has 0 radical (unpaired) electrons. The Balaban J connectivity index is 1.98. The van der Waals surface area contributed by atoms with Crippen molar-refractivity contribution in [3.8, 4) is 0 Å². The fraction of sp³-hybridized carbons (Fsp3) is 0.500. The van der Waals surface area contributed by atoms with Crippen LogP contribution < -0.4 is 0 Å². The number of fused-ring (bicyclic) bond motifs is 1. The van der Waals surface area contributed by atoms with Gasteiger partial charge in [0.2, 0.25) is 0 Å². The van der Waals surface area contributed by atoms with Gasteiger partial charge in [-0.05, 0) is 25.2 Å². The van der Waals surface area contributed by atoms with Crippen LogP contribution in [0.2, 0.25) is 5.15 Å². The van der Waals surface area contributed by atoms with E-state index in [-0.39, 0.29) is 5.54 Å². The Bertz CT molecular complexity index is 545. The molecule has 3 fully saturated rings. The van der Waals surface area contributed by atoms with Crippen LogP contribution in [0.5, 0.6) is 0 Å². The number of hydrogen-bond acceptors (Lipinski definition) is 3. The Morgan fingerprint density at radius 1 is 1.33 bits per heavy atom. The average molecular weight is 221 g/mol. The van der Waals surface area contributed by atoms with Crippen molar-refractivity contribution in [2.75, 3.05) is 0 Å². The number of aromatic nitrogens is 4. The Kier molecular flexibility index (Phi) is 1.25. The summed E-state index contributed by atoms with van der Waals surface area (Å²) in [5.41, 5.74) is 1.15. The van der Waals surface area contributed by atoms with Crippen molar-refractivity contribution in [2.45, 2.75) is 24.8 Å². The molecule has 0 aliphatic heterocycles. The SMILES string of the molecule is Clc1ncnc2c1cnn2C12CC(C1)C2. The topological polar surface area (TPSA) is 43.6 Å². The molecule has 0 spiro atoms. The number of nitrogens with zero attached hydrogens (tertiary/aromatic N) is 4. The van der Waals surface area contributed by atoms with Gasteiger partial charge in [0.25, 0.3) is 0 Å². The summed E-state index contributed by atoms with van der Waals surface area (Å²) in [7, 11) is 0. The van der Waals surface area contributed by atoms with Gasteiger partial charge in [-0.1, -0.05) is 11.6 Å². The van der Waals surface area contributed by atoms with Gasteiger partial charge in [-0.3, -0.25) is 0 Å². The molecule has 0 saturated heterocycles. The van der Waals surface area contributed by atoms with E-state index in [1.165, 1.54) is 25.6 Å². The zero-order valence-electron chi connectivity index (χ0n) is 8.02. The second-order valence-electron chi connectivity index (χ2n) is 4.66. The summed E-state index contributed by atoms with van der Waals surface area (Å²) in [6.45, 7) is 0. The standard InChI is InChI=1S/C10H9ClN4/c11-8-7-4-14-15(9(7)13-5-12-8)10-1-6(2-10)3-10/h4-6H,1-3H2. The number of rotatable bonds is 1. The highest BCUT2D eigenvalue weighted by molar-refractivity contribution is 6.33. The highest BCUT2D eigenvalue weighted by Gasteiger charge is 2.59. The van der Waals surface area contributed by atoms with Gasteiger partial charge >= 0.3 is 0 Å². The molecule has 0 N–H and O–H groups in total. The van der Waals surface area contributed by atoms with E-state index in [1.54, 1.807) is 6.20 Å². The molecule has 5 rings (SSSR count). The van der Waals surface area contributed by atoms with E-state index in [0.29, 0.717) is 5.15 Å². The van der Waals surface area contributed by atoms with Gasteiger partial charge in [0.15, 0.2) is 5.65 Å². The first-order valence-electron chi connectivity index (χ1n) is 5.13. The minimum absolute atomic E-state index is 0.268. The third-order valence-corrected chi connectivity index (χ3v) is 4.07. The Hall–Kier alpha value is -1.16. The zero-order valence-corrected chi connectivity index (χ0v) is 8.78. The highest BCUT2D eigenvalue weighted by Crippen LogP contribution is 2.62. The molecule has 2 aromatic rings. The third-order valence-electron chi connectivity index (χ3n) is 3.77. The Labute approximate surface area is 91.3 Å². The van der Waals surface area contributed by atoms with Crippen LogP contribution >= 0.6 is 11.6 Å². The van der Waals surface area contributed by atoms with E-state index < -0.39 is 0 Å². The number of halogens is 1. The molecule has 3 aliphatic rings. The lowest BCUT2D eigenvalue weighted by molar-refractivity contribution is -0.0948. The summed E-state index contributed by atoms with van der Waals surface area (Å²) in [5.74, 6) is 0.932. The molecule has 2 bridgehead atoms.